The van der Waals surface area contributed by atoms with E-state index in [0.717, 1.165) is 24.9 Å². The van der Waals surface area contributed by atoms with Crippen molar-refractivity contribution in [3.63, 3.8) is 0 Å². The first-order chi connectivity index (χ1) is 9.29. The van der Waals surface area contributed by atoms with Crippen molar-refractivity contribution in [3.8, 4) is 0 Å². The number of rotatable bonds is 7. The van der Waals surface area contributed by atoms with Gasteiger partial charge in [0.15, 0.2) is 0 Å². The molecule has 0 saturated heterocycles. The zero-order valence-corrected chi connectivity index (χ0v) is 12.5. The van der Waals surface area contributed by atoms with Crippen LogP contribution in [0.15, 0.2) is 29.2 Å². The summed E-state index contributed by atoms with van der Waals surface area (Å²) in [4.78, 5) is 2.69. The summed E-state index contributed by atoms with van der Waals surface area (Å²) in [6.45, 7) is 3.29. The lowest BCUT2D eigenvalue weighted by Gasteiger charge is -2.17. The molecule has 1 N–H and O–H groups in total. The number of hydrogen-bond donors (Lipinski definition) is 1. The highest BCUT2D eigenvalue weighted by Crippen LogP contribution is 2.31. The van der Waals surface area contributed by atoms with Gasteiger partial charge in [0.2, 0.25) is 0 Å². The third-order valence-corrected chi connectivity index (χ3v) is 3.81. The first kappa shape index (κ1) is 17.3. The maximum atomic E-state index is 12.6. The second kappa shape index (κ2) is 7.90. The van der Waals surface area contributed by atoms with Crippen LogP contribution < -0.4 is 0 Å². The number of alkyl halides is 3. The van der Waals surface area contributed by atoms with E-state index in [0.29, 0.717) is 11.3 Å². The van der Waals surface area contributed by atoms with E-state index in [1.165, 1.54) is 23.9 Å². The van der Waals surface area contributed by atoms with Gasteiger partial charge in [0, 0.05) is 23.7 Å². The third-order valence-electron chi connectivity index (χ3n) is 2.83. The third kappa shape index (κ3) is 6.63. The molecule has 6 heteroatoms. The van der Waals surface area contributed by atoms with Gasteiger partial charge in [-0.2, -0.15) is 13.2 Å². The Labute approximate surface area is 122 Å². The predicted molar refractivity (Wildman–Crippen MR) is 76.0 cm³/mol. The highest BCUT2D eigenvalue weighted by molar-refractivity contribution is 7.99. The molecule has 0 spiro atoms. The summed E-state index contributed by atoms with van der Waals surface area (Å²) in [5.74, 6) is 0.720. The van der Waals surface area contributed by atoms with Crippen LogP contribution in [-0.4, -0.2) is 42.0 Å². The van der Waals surface area contributed by atoms with Crippen molar-refractivity contribution in [2.75, 3.05) is 25.9 Å². The highest BCUT2D eigenvalue weighted by Gasteiger charge is 2.30. The van der Waals surface area contributed by atoms with E-state index in [-0.39, 0.29) is 6.10 Å². The summed E-state index contributed by atoms with van der Waals surface area (Å²) in [6, 6.07) is 5.39. The lowest BCUT2D eigenvalue weighted by molar-refractivity contribution is -0.137. The van der Waals surface area contributed by atoms with Gasteiger partial charge in [-0.25, -0.2) is 0 Å². The fourth-order valence-corrected chi connectivity index (χ4v) is 2.62. The van der Waals surface area contributed by atoms with E-state index in [2.05, 4.69) is 4.90 Å². The van der Waals surface area contributed by atoms with E-state index in [4.69, 9.17) is 0 Å². The summed E-state index contributed by atoms with van der Waals surface area (Å²) in [5, 5.41) is 9.17. The second-order valence-corrected chi connectivity index (χ2v) is 5.98. The first-order valence-electron chi connectivity index (χ1n) is 6.45. The van der Waals surface area contributed by atoms with Crippen LogP contribution in [0, 0.1) is 0 Å². The Morgan fingerprint density at radius 2 is 2.00 bits per heavy atom. The van der Waals surface area contributed by atoms with Gasteiger partial charge in [-0.15, -0.1) is 11.8 Å². The Hall–Kier alpha value is -0.720. The maximum absolute atomic E-state index is 12.6. The Balaban J connectivity index is 2.39. The molecule has 1 atom stereocenters. The number of thioether (sulfide) groups is 1. The molecular formula is C14H20F3NOS. The van der Waals surface area contributed by atoms with Crippen molar-refractivity contribution < 1.29 is 18.3 Å². The largest absolute Gasteiger partial charge is 0.416 e. The molecule has 1 aromatic carbocycles. The Morgan fingerprint density at radius 3 is 2.60 bits per heavy atom. The lowest BCUT2D eigenvalue weighted by Crippen LogP contribution is -2.24. The SMILES string of the molecule is CC(O)CCN(C)CCSc1cccc(C(F)(F)F)c1. The van der Waals surface area contributed by atoms with Gasteiger partial charge in [-0.05, 0) is 38.6 Å². The number of nitrogens with zero attached hydrogens (tertiary/aromatic N) is 1. The van der Waals surface area contributed by atoms with Gasteiger partial charge < -0.3 is 10.0 Å². The number of halogens is 3. The minimum absolute atomic E-state index is 0.325. The summed E-state index contributed by atoms with van der Waals surface area (Å²) in [7, 11) is 1.94. The zero-order valence-electron chi connectivity index (χ0n) is 11.7. The fraction of sp³-hybridized carbons (Fsp3) is 0.571. The minimum Gasteiger partial charge on any atom is -0.393 e. The van der Waals surface area contributed by atoms with Gasteiger partial charge in [0.1, 0.15) is 0 Å². The van der Waals surface area contributed by atoms with Crippen LogP contribution in [0.25, 0.3) is 0 Å². The molecule has 2 nitrogen and oxygen atoms in total. The molecule has 0 aliphatic carbocycles. The molecule has 1 rings (SSSR count). The van der Waals surface area contributed by atoms with E-state index >= 15 is 0 Å². The van der Waals surface area contributed by atoms with Gasteiger partial charge in [-0.1, -0.05) is 6.07 Å². The topological polar surface area (TPSA) is 23.5 Å². The normalized spacial score (nSPS) is 13.8. The molecule has 0 aliphatic heterocycles. The van der Waals surface area contributed by atoms with Crippen LogP contribution in [0.5, 0.6) is 0 Å². The quantitative estimate of drug-likeness (QED) is 0.780. The molecule has 0 heterocycles. The summed E-state index contributed by atoms with van der Waals surface area (Å²) >= 11 is 1.41. The van der Waals surface area contributed by atoms with E-state index < -0.39 is 11.7 Å². The number of aliphatic hydroxyl groups is 1. The Morgan fingerprint density at radius 1 is 1.30 bits per heavy atom. The predicted octanol–water partition coefficient (Wildman–Crippen LogP) is 3.50. The van der Waals surface area contributed by atoms with Crippen molar-refractivity contribution in [1.82, 2.24) is 4.90 Å². The van der Waals surface area contributed by atoms with Crippen molar-refractivity contribution in [2.45, 2.75) is 30.5 Å². The molecule has 0 fully saturated rings. The highest BCUT2D eigenvalue weighted by atomic mass is 32.2. The van der Waals surface area contributed by atoms with Gasteiger partial charge >= 0.3 is 6.18 Å². The second-order valence-electron chi connectivity index (χ2n) is 4.82. The van der Waals surface area contributed by atoms with E-state index in [9.17, 15) is 18.3 Å². The monoisotopic (exact) mass is 307 g/mol. The average molecular weight is 307 g/mol. The lowest BCUT2D eigenvalue weighted by atomic mass is 10.2. The van der Waals surface area contributed by atoms with E-state index in [1.54, 1.807) is 13.0 Å². The number of hydrogen-bond acceptors (Lipinski definition) is 3. The summed E-state index contributed by atoms with van der Waals surface area (Å²) < 4.78 is 37.7. The Kier molecular flexibility index (Phi) is 6.85. The average Bonchev–Trinajstić information content (AvgIpc) is 2.36. The van der Waals surface area contributed by atoms with Crippen molar-refractivity contribution in [2.24, 2.45) is 0 Å². The molecule has 0 aliphatic rings. The van der Waals surface area contributed by atoms with Gasteiger partial charge in [0.25, 0.3) is 0 Å². The minimum atomic E-state index is -4.29. The Bertz CT molecular complexity index is 410. The number of aliphatic hydroxyl groups excluding tert-OH is 1. The molecule has 0 amide bonds. The van der Waals surface area contributed by atoms with Gasteiger partial charge in [-0.3, -0.25) is 0 Å². The molecule has 0 radical (unpaired) electrons. The van der Waals surface area contributed by atoms with Crippen LogP contribution >= 0.6 is 11.8 Å². The molecule has 1 aromatic rings. The molecule has 0 saturated carbocycles. The molecule has 114 valence electrons. The standard InChI is InChI=1S/C14H20F3NOS/c1-11(19)6-7-18(2)8-9-20-13-5-3-4-12(10-13)14(15,16)17/h3-5,10-11,19H,6-9H2,1-2H3. The van der Waals surface area contributed by atoms with Crippen LogP contribution in [0.2, 0.25) is 0 Å². The van der Waals surface area contributed by atoms with Crippen LogP contribution in [0.3, 0.4) is 0 Å². The maximum Gasteiger partial charge on any atom is 0.416 e. The van der Waals surface area contributed by atoms with E-state index in [1.807, 2.05) is 7.05 Å². The smallest absolute Gasteiger partial charge is 0.393 e. The van der Waals surface area contributed by atoms with Crippen LogP contribution in [0.1, 0.15) is 18.9 Å². The van der Waals surface area contributed by atoms with Crippen molar-refractivity contribution >= 4 is 11.8 Å². The molecule has 0 bridgehead atoms. The molecule has 20 heavy (non-hydrogen) atoms. The molecule has 0 aromatic heterocycles. The summed E-state index contributed by atoms with van der Waals surface area (Å²) in [6.07, 6.45) is -3.91. The first-order valence-corrected chi connectivity index (χ1v) is 7.44. The van der Waals surface area contributed by atoms with Gasteiger partial charge in [0.05, 0.1) is 11.7 Å². The van der Waals surface area contributed by atoms with Crippen LogP contribution in [-0.2, 0) is 6.18 Å². The molecular weight excluding hydrogens is 287 g/mol. The van der Waals surface area contributed by atoms with Crippen molar-refractivity contribution in [1.29, 1.82) is 0 Å². The zero-order chi connectivity index (χ0) is 15.2. The summed E-state index contributed by atoms with van der Waals surface area (Å²) in [5.41, 5.74) is -0.607. The molecule has 1 unspecified atom stereocenters. The van der Waals surface area contributed by atoms with Crippen molar-refractivity contribution in [3.05, 3.63) is 29.8 Å². The van der Waals surface area contributed by atoms with Crippen LogP contribution in [0.4, 0.5) is 13.2 Å². The number of benzene rings is 1. The fourth-order valence-electron chi connectivity index (χ4n) is 1.60.